The minimum absolute atomic E-state index is 0. The van der Waals surface area contributed by atoms with Gasteiger partial charge in [0.2, 0.25) is 0 Å². The molecular formula is C22H23BrN2O5. The predicted molar refractivity (Wildman–Crippen MR) is 108 cm³/mol. The van der Waals surface area contributed by atoms with Crippen molar-refractivity contribution in [3.05, 3.63) is 47.8 Å². The molecule has 3 unspecified atom stereocenters. The second-order valence-electron chi connectivity index (χ2n) is 7.85. The van der Waals surface area contributed by atoms with Crippen molar-refractivity contribution in [3.63, 3.8) is 0 Å². The Balaban J connectivity index is 0.00000218. The first kappa shape index (κ1) is 21.0. The number of aromatic nitrogens is 2. The number of ether oxygens (including phenoxy) is 1. The Labute approximate surface area is 182 Å². The molecule has 7 nitrogen and oxygen atoms in total. The van der Waals surface area contributed by atoms with Gasteiger partial charge in [-0.2, -0.15) is 4.57 Å². The van der Waals surface area contributed by atoms with Gasteiger partial charge in [-0.15, -0.1) is 0 Å². The van der Waals surface area contributed by atoms with E-state index in [1.807, 2.05) is 31.5 Å². The lowest BCUT2D eigenvalue weighted by atomic mass is 9.96. The van der Waals surface area contributed by atoms with E-state index in [1.54, 1.807) is 16.7 Å². The zero-order chi connectivity index (χ0) is 20.4. The number of benzene rings is 2. The highest BCUT2D eigenvalue weighted by atomic mass is 79.9. The number of phenolic OH excluding ortho intramolecular Hbond substituents is 1. The molecule has 3 heterocycles. The summed E-state index contributed by atoms with van der Waals surface area (Å²) in [4.78, 5) is 3.46. The average Bonchev–Trinajstić information content (AvgIpc) is 3.09. The van der Waals surface area contributed by atoms with Crippen LogP contribution in [0.4, 0.5) is 0 Å². The quantitative estimate of drug-likeness (QED) is 0.220. The van der Waals surface area contributed by atoms with Crippen LogP contribution in [0.25, 0.3) is 32.6 Å². The van der Waals surface area contributed by atoms with Gasteiger partial charge < -0.3 is 47.1 Å². The van der Waals surface area contributed by atoms with Crippen LogP contribution in [0.15, 0.2) is 36.7 Å². The number of aryl methyl sites for hydroxylation is 2. The number of aliphatic hydroxyl groups is 3. The normalized spacial score (nSPS) is 24.4. The maximum absolute atomic E-state index is 10.4. The number of aromatic amines is 1. The van der Waals surface area contributed by atoms with Gasteiger partial charge in [0.25, 0.3) is 6.23 Å². The first-order chi connectivity index (χ1) is 13.9. The summed E-state index contributed by atoms with van der Waals surface area (Å²) in [5.74, 6) is 0.213. The monoisotopic (exact) mass is 474 g/mol. The molecule has 4 atom stereocenters. The summed E-state index contributed by atoms with van der Waals surface area (Å²) in [6.07, 6.45) is -0.690. The van der Waals surface area contributed by atoms with Gasteiger partial charge in [0, 0.05) is 27.7 Å². The van der Waals surface area contributed by atoms with Gasteiger partial charge in [0.15, 0.2) is 18.5 Å². The molecule has 158 valence electrons. The molecule has 0 radical (unpaired) electrons. The molecular weight excluding hydrogens is 452 g/mol. The highest BCUT2D eigenvalue weighted by molar-refractivity contribution is 6.16. The number of aliphatic hydroxyl groups excluding tert-OH is 3. The molecule has 2 aromatic heterocycles. The number of aromatic hydroxyl groups is 1. The first-order valence-electron chi connectivity index (χ1n) is 9.60. The lowest BCUT2D eigenvalue weighted by Gasteiger charge is -2.31. The Morgan fingerprint density at radius 2 is 1.77 bits per heavy atom. The lowest BCUT2D eigenvalue weighted by Crippen LogP contribution is -3.00. The number of phenols is 1. The number of halogens is 1. The third-order valence-electron chi connectivity index (χ3n) is 6.09. The van der Waals surface area contributed by atoms with Gasteiger partial charge in [-0.05, 0) is 48.6 Å². The molecule has 0 amide bonds. The van der Waals surface area contributed by atoms with Gasteiger partial charge in [-0.25, -0.2) is 0 Å². The number of rotatable bonds is 1. The molecule has 0 saturated carbocycles. The number of nitrogens with zero attached hydrogens (tertiary/aromatic N) is 1. The van der Waals surface area contributed by atoms with E-state index in [0.717, 1.165) is 43.7 Å². The van der Waals surface area contributed by atoms with Crippen LogP contribution in [0.2, 0.25) is 0 Å². The van der Waals surface area contributed by atoms with Gasteiger partial charge in [0.1, 0.15) is 18.0 Å². The predicted octanol–water partition coefficient (Wildman–Crippen LogP) is -1.30. The standard InChI is InChI=1S/C22H22N2O5.BrH/c1-10-15-8-24(22-21(28)20(27)17(26)9-29-22)6-5-13(15)11(2)19-18(10)14-7-12(25)3-4-16(14)23-19;/h3-8,17,20-22,25-28H,9H2,1-2H3;1H/t17?,20?,21-,22?;/m0./s1. The molecule has 5 N–H and O–H groups in total. The van der Waals surface area contributed by atoms with E-state index in [-0.39, 0.29) is 29.3 Å². The van der Waals surface area contributed by atoms with Crippen molar-refractivity contribution in [1.29, 1.82) is 0 Å². The van der Waals surface area contributed by atoms with Crippen LogP contribution in [0.5, 0.6) is 5.75 Å². The fourth-order valence-corrected chi connectivity index (χ4v) is 4.47. The largest absolute Gasteiger partial charge is 1.00 e. The van der Waals surface area contributed by atoms with Crippen molar-refractivity contribution < 1.29 is 46.7 Å². The second kappa shape index (κ2) is 7.47. The number of hydrogen-bond acceptors (Lipinski definition) is 5. The Bertz CT molecular complexity index is 1270. The van der Waals surface area contributed by atoms with Gasteiger partial charge in [0.05, 0.1) is 12.1 Å². The molecule has 30 heavy (non-hydrogen) atoms. The molecule has 1 aliphatic heterocycles. The summed E-state index contributed by atoms with van der Waals surface area (Å²) in [6, 6.07) is 7.26. The number of nitrogens with one attached hydrogen (secondary N) is 1. The topological polar surface area (TPSA) is 110 Å². The minimum atomic E-state index is -1.26. The molecule has 5 rings (SSSR count). The third-order valence-corrected chi connectivity index (χ3v) is 6.09. The molecule has 0 spiro atoms. The summed E-state index contributed by atoms with van der Waals surface area (Å²) >= 11 is 0. The molecule has 4 aromatic rings. The maximum atomic E-state index is 10.4. The molecule has 1 saturated heterocycles. The summed E-state index contributed by atoms with van der Waals surface area (Å²) in [6.45, 7) is 4.03. The number of fused-ring (bicyclic) bond motifs is 4. The minimum Gasteiger partial charge on any atom is -1.00 e. The van der Waals surface area contributed by atoms with E-state index in [2.05, 4.69) is 11.9 Å². The fraction of sp³-hybridized carbons (Fsp3) is 0.318. The van der Waals surface area contributed by atoms with Crippen molar-refractivity contribution in [2.75, 3.05) is 6.61 Å². The summed E-state index contributed by atoms with van der Waals surface area (Å²) in [5.41, 5.74) is 4.11. The summed E-state index contributed by atoms with van der Waals surface area (Å²) < 4.78 is 7.33. The average molecular weight is 475 g/mol. The second-order valence-corrected chi connectivity index (χ2v) is 7.85. The Morgan fingerprint density at radius 1 is 1.00 bits per heavy atom. The maximum Gasteiger partial charge on any atom is 0.291 e. The van der Waals surface area contributed by atoms with Crippen molar-refractivity contribution in [1.82, 2.24) is 4.98 Å². The first-order valence-corrected chi connectivity index (χ1v) is 9.60. The Morgan fingerprint density at radius 3 is 2.53 bits per heavy atom. The molecule has 0 bridgehead atoms. The molecule has 2 aromatic carbocycles. The van der Waals surface area contributed by atoms with Crippen LogP contribution in [0, 0.1) is 13.8 Å². The third kappa shape index (κ3) is 2.99. The van der Waals surface area contributed by atoms with E-state index in [9.17, 15) is 20.4 Å². The van der Waals surface area contributed by atoms with Crippen LogP contribution < -0.4 is 21.5 Å². The van der Waals surface area contributed by atoms with Crippen LogP contribution >= 0.6 is 0 Å². The summed E-state index contributed by atoms with van der Waals surface area (Å²) in [7, 11) is 0. The van der Waals surface area contributed by atoms with E-state index < -0.39 is 24.5 Å². The van der Waals surface area contributed by atoms with Crippen LogP contribution in [0.3, 0.4) is 0 Å². The van der Waals surface area contributed by atoms with E-state index >= 15 is 0 Å². The smallest absolute Gasteiger partial charge is 0.291 e. The van der Waals surface area contributed by atoms with Crippen molar-refractivity contribution in [2.24, 2.45) is 0 Å². The molecule has 1 fully saturated rings. The lowest BCUT2D eigenvalue weighted by molar-refractivity contribution is -0.774. The molecule has 1 aliphatic rings. The van der Waals surface area contributed by atoms with Crippen molar-refractivity contribution in [2.45, 2.75) is 38.4 Å². The van der Waals surface area contributed by atoms with Crippen LogP contribution in [-0.2, 0) is 4.74 Å². The molecule has 0 aliphatic carbocycles. The number of hydrogen-bond donors (Lipinski definition) is 5. The number of pyridine rings is 1. The van der Waals surface area contributed by atoms with Crippen LogP contribution in [0.1, 0.15) is 17.4 Å². The Hall–Kier alpha value is -2.23. The van der Waals surface area contributed by atoms with Gasteiger partial charge in [-0.3, -0.25) is 0 Å². The van der Waals surface area contributed by atoms with E-state index in [0.29, 0.717) is 0 Å². The highest BCUT2D eigenvalue weighted by Crippen LogP contribution is 2.37. The van der Waals surface area contributed by atoms with E-state index in [4.69, 9.17) is 4.74 Å². The fourth-order valence-electron chi connectivity index (χ4n) is 4.47. The van der Waals surface area contributed by atoms with Crippen LogP contribution in [-0.4, -0.2) is 50.3 Å². The van der Waals surface area contributed by atoms with Gasteiger partial charge in [-0.1, -0.05) is 0 Å². The van der Waals surface area contributed by atoms with Crippen molar-refractivity contribution >= 4 is 32.6 Å². The zero-order valence-electron chi connectivity index (χ0n) is 16.5. The van der Waals surface area contributed by atoms with Crippen molar-refractivity contribution in [3.8, 4) is 5.75 Å². The number of H-pyrrole nitrogens is 1. The SMILES string of the molecule is Cc1c2cc[n+](C3OCC(O)C(O)[C@@H]3O)cc2c(C)c2c1[nH]c1ccc(O)cc12.[Br-]. The Kier molecular flexibility index (Phi) is 5.24. The zero-order valence-corrected chi connectivity index (χ0v) is 18.1. The highest BCUT2D eigenvalue weighted by Gasteiger charge is 2.43. The summed E-state index contributed by atoms with van der Waals surface area (Å²) in [5, 5.41) is 44.1. The van der Waals surface area contributed by atoms with E-state index in [1.165, 1.54) is 0 Å². The van der Waals surface area contributed by atoms with Gasteiger partial charge >= 0.3 is 0 Å². The molecule has 8 heteroatoms.